The van der Waals surface area contributed by atoms with E-state index < -0.39 is 58.9 Å². The second-order valence-electron chi connectivity index (χ2n) is 8.55. The third kappa shape index (κ3) is 6.31. The van der Waals surface area contributed by atoms with Gasteiger partial charge in [0.25, 0.3) is 11.5 Å². The molecule has 0 aliphatic carbocycles. The Morgan fingerprint density at radius 1 is 1.10 bits per heavy atom. The van der Waals surface area contributed by atoms with Crippen LogP contribution in [-0.2, 0) is 27.5 Å². The van der Waals surface area contributed by atoms with Gasteiger partial charge in [0.2, 0.25) is 0 Å². The first-order chi connectivity index (χ1) is 19.7. The second-order valence-corrected chi connectivity index (χ2v) is 9.97. The molecule has 0 unspecified atom stereocenters. The molecule has 220 valence electrons. The van der Waals surface area contributed by atoms with Gasteiger partial charge in [-0.1, -0.05) is 23.7 Å². The summed E-state index contributed by atoms with van der Waals surface area (Å²) in [4.78, 5) is 55.9. The Labute approximate surface area is 242 Å². The van der Waals surface area contributed by atoms with E-state index in [2.05, 4.69) is 4.99 Å². The molecule has 1 fully saturated rings. The fraction of sp³-hybridized carbons (Fsp3) is 0.192. The van der Waals surface area contributed by atoms with E-state index in [1.54, 1.807) is 6.92 Å². The number of carbonyl (C=O) groups excluding carboxylic acids is 2. The van der Waals surface area contributed by atoms with Crippen molar-refractivity contribution in [1.29, 1.82) is 0 Å². The van der Waals surface area contributed by atoms with Crippen molar-refractivity contribution in [3.8, 4) is 5.69 Å². The number of esters is 1. The van der Waals surface area contributed by atoms with E-state index >= 15 is 0 Å². The molecule has 4 rings (SSSR count). The summed E-state index contributed by atoms with van der Waals surface area (Å²) in [6.45, 7) is 0.993. The SMILES string of the molecule is CCOC(=O)CN1C(=O)/C(=C/c2ccc(F)cc2)S/C1=N\c1cc(-n2c(=O)cc(C(F)(F)F)n(C)c2=O)c(F)cc1Cl. The summed E-state index contributed by atoms with van der Waals surface area (Å²) in [5.74, 6) is -3.19. The molecule has 1 aliphatic heterocycles. The first-order valence-corrected chi connectivity index (χ1v) is 13.0. The minimum atomic E-state index is -5.03. The van der Waals surface area contributed by atoms with Crippen LogP contribution in [0.4, 0.5) is 27.6 Å². The zero-order valence-corrected chi connectivity index (χ0v) is 23.1. The van der Waals surface area contributed by atoms with Gasteiger partial charge in [-0.2, -0.15) is 13.2 Å². The largest absolute Gasteiger partial charge is 0.465 e. The number of halogens is 6. The van der Waals surface area contributed by atoms with E-state index in [0.717, 1.165) is 29.8 Å². The number of aromatic nitrogens is 2. The van der Waals surface area contributed by atoms with Crippen molar-refractivity contribution in [1.82, 2.24) is 14.0 Å². The second kappa shape index (κ2) is 11.9. The molecule has 3 aromatic rings. The molecular formula is C26H18ClF5N4O5S. The summed E-state index contributed by atoms with van der Waals surface area (Å²) in [6, 6.07) is 6.84. The molecule has 0 saturated carbocycles. The minimum absolute atomic E-state index is 0.0166. The average molecular weight is 629 g/mol. The van der Waals surface area contributed by atoms with Gasteiger partial charge < -0.3 is 4.74 Å². The lowest BCUT2D eigenvalue weighted by molar-refractivity contribution is -0.145. The molecule has 2 aromatic carbocycles. The molecule has 0 bridgehead atoms. The Morgan fingerprint density at radius 2 is 1.76 bits per heavy atom. The molecule has 0 atom stereocenters. The molecule has 1 saturated heterocycles. The highest BCUT2D eigenvalue weighted by Gasteiger charge is 2.37. The van der Waals surface area contributed by atoms with Gasteiger partial charge in [-0.05, 0) is 54.6 Å². The summed E-state index contributed by atoms with van der Waals surface area (Å²) in [7, 11) is 0.763. The summed E-state index contributed by atoms with van der Waals surface area (Å²) in [5, 5.41) is -0.478. The van der Waals surface area contributed by atoms with Crippen LogP contribution in [0.15, 0.2) is 62.0 Å². The van der Waals surface area contributed by atoms with E-state index in [-0.39, 0.29) is 42.6 Å². The number of carbonyl (C=O) groups is 2. The highest BCUT2D eigenvalue weighted by Crippen LogP contribution is 2.37. The normalized spacial score (nSPS) is 15.6. The van der Waals surface area contributed by atoms with Crippen LogP contribution >= 0.6 is 23.4 Å². The molecule has 1 aliphatic rings. The maximum atomic E-state index is 15.0. The predicted molar refractivity (Wildman–Crippen MR) is 145 cm³/mol. The number of ether oxygens (including phenoxy) is 1. The Bertz CT molecular complexity index is 1770. The molecule has 2 heterocycles. The summed E-state index contributed by atoms with van der Waals surface area (Å²) >= 11 is 6.95. The number of amides is 1. The number of aliphatic imine (C=N–C) groups is 1. The number of hydrogen-bond donors (Lipinski definition) is 0. The van der Waals surface area contributed by atoms with E-state index in [9.17, 15) is 41.1 Å². The van der Waals surface area contributed by atoms with E-state index in [1.165, 1.54) is 30.3 Å². The van der Waals surface area contributed by atoms with Gasteiger partial charge in [0.05, 0.1) is 27.9 Å². The third-order valence-corrected chi connectivity index (χ3v) is 7.04. The summed E-state index contributed by atoms with van der Waals surface area (Å²) in [5.41, 5.74) is -5.10. The lowest BCUT2D eigenvalue weighted by atomic mass is 10.2. The van der Waals surface area contributed by atoms with Crippen LogP contribution in [-0.4, -0.2) is 44.2 Å². The van der Waals surface area contributed by atoms with Crippen molar-refractivity contribution in [3.05, 3.63) is 96.1 Å². The average Bonchev–Trinajstić information content (AvgIpc) is 3.18. The van der Waals surface area contributed by atoms with E-state index in [0.29, 0.717) is 11.6 Å². The van der Waals surface area contributed by atoms with Crippen LogP contribution in [0.5, 0.6) is 0 Å². The minimum Gasteiger partial charge on any atom is -0.465 e. The zero-order valence-electron chi connectivity index (χ0n) is 21.5. The highest BCUT2D eigenvalue weighted by atomic mass is 35.5. The first kappa shape index (κ1) is 30.7. The van der Waals surface area contributed by atoms with E-state index in [1.807, 2.05) is 0 Å². The van der Waals surface area contributed by atoms with Crippen molar-refractivity contribution < 1.29 is 36.3 Å². The maximum absolute atomic E-state index is 15.0. The molecule has 42 heavy (non-hydrogen) atoms. The topological polar surface area (TPSA) is 103 Å². The van der Waals surface area contributed by atoms with Gasteiger partial charge in [-0.25, -0.2) is 23.1 Å². The Balaban J connectivity index is 1.84. The van der Waals surface area contributed by atoms with Crippen molar-refractivity contribution in [2.24, 2.45) is 12.0 Å². The standard InChI is InChI=1S/C26H18ClF5N4O5S/c1-3-41-22(38)12-35-23(39)19(8-13-4-6-14(28)7-5-13)42-24(35)33-17-10-18(16(29)9-15(17)27)36-21(37)11-20(26(30,31)32)34(2)25(36)40/h4-11H,3,12H2,1-2H3/b19-8-,33-24-. The number of benzene rings is 2. The lowest BCUT2D eigenvalue weighted by Crippen LogP contribution is -2.41. The molecule has 9 nitrogen and oxygen atoms in total. The lowest BCUT2D eigenvalue weighted by Gasteiger charge is -2.16. The smallest absolute Gasteiger partial charge is 0.431 e. The number of amidine groups is 1. The number of nitrogens with zero attached hydrogens (tertiary/aromatic N) is 4. The zero-order chi connectivity index (χ0) is 30.9. The van der Waals surface area contributed by atoms with Gasteiger partial charge in [-0.15, -0.1) is 0 Å². The first-order valence-electron chi connectivity index (χ1n) is 11.8. The Hall–Kier alpha value is -4.24. The van der Waals surface area contributed by atoms with Gasteiger partial charge in [0.1, 0.15) is 23.9 Å². The number of alkyl halides is 3. The fourth-order valence-electron chi connectivity index (χ4n) is 3.78. The quantitative estimate of drug-likeness (QED) is 0.224. The summed E-state index contributed by atoms with van der Waals surface area (Å²) in [6.07, 6.45) is -3.62. The van der Waals surface area contributed by atoms with Gasteiger partial charge in [0, 0.05) is 13.1 Å². The fourth-order valence-corrected chi connectivity index (χ4v) is 4.97. The predicted octanol–water partition coefficient (Wildman–Crippen LogP) is 4.65. The number of rotatable bonds is 6. The van der Waals surface area contributed by atoms with Gasteiger partial charge in [-0.3, -0.25) is 23.9 Å². The van der Waals surface area contributed by atoms with Crippen molar-refractivity contribution >= 4 is 52.2 Å². The van der Waals surface area contributed by atoms with Crippen molar-refractivity contribution in [2.45, 2.75) is 13.1 Å². The molecular weight excluding hydrogens is 611 g/mol. The van der Waals surface area contributed by atoms with Crippen molar-refractivity contribution in [2.75, 3.05) is 13.2 Å². The molecule has 1 amide bonds. The highest BCUT2D eigenvalue weighted by molar-refractivity contribution is 8.18. The van der Waals surface area contributed by atoms with Crippen molar-refractivity contribution in [3.63, 3.8) is 0 Å². The molecule has 16 heteroatoms. The Kier molecular flexibility index (Phi) is 8.73. The van der Waals surface area contributed by atoms with Crippen LogP contribution in [0.3, 0.4) is 0 Å². The molecule has 0 radical (unpaired) electrons. The maximum Gasteiger partial charge on any atom is 0.431 e. The van der Waals surface area contributed by atoms with Crippen LogP contribution < -0.4 is 11.2 Å². The van der Waals surface area contributed by atoms with Gasteiger partial charge in [0.15, 0.2) is 5.17 Å². The monoisotopic (exact) mass is 628 g/mol. The number of thioether (sulfide) groups is 1. The molecule has 1 aromatic heterocycles. The Morgan fingerprint density at radius 3 is 2.38 bits per heavy atom. The van der Waals surface area contributed by atoms with E-state index in [4.69, 9.17) is 16.3 Å². The third-order valence-electron chi connectivity index (χ3n) is 5.73. The molecule has 0 N–H and O–H groups in total. The molecule has 0 spiro atoms. The van der Waals surface area contributed by atoms with Gasteiger partial charge >= 0.3 is 17.8 Å². The van der Waals surface area contributed by atoms with Crippen LogP contribution in [0, 0.1) is 11.6 Å². The van der Waals surface area contributed by atoms with Crippen LogP contribution in [0.2, 0.25) is 5.02 Å². The number of hydrogen-bond acceptors (Lipinski definition) is 7. The summed E-state index contributed by atoms with van der Waals surface area (Å²) < 4.78 is 73.3. The van der Waals surface area contributed by atoms with Crippen LogP contribution in [0.25, 0.3) is 11.8 Å². The van der Waals surface area contributed by atoms with Crippen LogP contribution in [0.1, 0.15) is 18.2 Å².